The molecule has 1 heterocycles. The first-order chi connectivity index (χ1) is 14.0. The van der Waals surface area contributed by atoms with Crippen LogP contribution in [-0.4, -0.2) is 33.2 Å². The molecule has 1 aromatic heterocycles. The second-order valence-electron chi connectivity index (χ2n) is 8.76. The third-order valence-electron chi connectivity index (χ3n) is 5.56. The molecule has 0 spiro atoms. The summed E-state index contributed by atoms with van der Waals surface area (Å²) >= 11 is 0. The van der Waals surface area contributed by atoms with Gasteiger partial charge in [0.1, 0.15) is 17.4 Å². The number of nitrogens with zero attached hydrogens (tertiary/aromatic N) is 2. The van der Waals surface area contributed by atoms with Gasteiger partial charge in [0.25, 0.3) is 0 Å². The molecule has 1 aliphatic rings. The van der Waals surface area contributed by atoms with Gasteiger partial charge in [-0.15, -0.1) is 0 Å². The van der Waals surface area contributed by atoms with E-state index in [0.29, 0.717) is 36.7 Å². The van der Waals surface area contributed by atoms with Crippen LogP contribution in [0.3, 0.4) is 0 Å². The maximum atomic E-state index is 13.5. The minimum absolute atomic E-state index is 0.00884. The number of rotatable bonds is 9. The minimum Gasteiger partial charge on any atom is -0.496 e. The molecule has 0 aliphatic heterocycles. The van der Waals surface area contributed by atoms with Gasteiger partial charge in [-0.1, -0.05) is 0 Å². The van der Waals surface area contributed by atoms with Crippen molar-refractivity contribution >= 4 is 16.8 Å². The largest absolute Gasteiger partial charge is 0.496 e. The Bertz CT molecular complexity index is 909. The first kappa shape index (κ1) is 22.6. The van der Waals surface area contributed by atoms with Crippen LogP contribution < -0.4 is 4.74 Å². The predicted molar refractivity (Wildman–Crippen MR) is 108 cm³/mol. The van der Waals surface area contributed by atoms with Gasteiger partial charge >= 0.3 is 6.18 Å². The van der Waals surface area contributed by atoms with E-state index in [0.717, 1.165) is 31.2 Å². The van der Waals surface area contributed by atoms with Crippen LogP contribution in [-0.2, 0) is 17.4 Å². The van der Waals surface area contributed by atoms with Gasteiger partial charge in [0.05, 0.1) is 29.3 Å². The molecular weight excluding hydrogens is 397 g/mol. The van der Waals surface area contributed by atoms with Crippen LogP contribution in [0.25, 0.3) is 11.0 Å². The van der Waals surface area contributed by atoms with E-state index in [1.165, 1.54) is 13.2 Å². The molecule has 0 radical (unpaired) electrons. The lowest BCUT2D eigenvalue weighted by molar-refractivity contribution is -0.138. The number of methoxy groups -OCH3 is 1. The number of aromatic nitrogens is 2. The number of aliphatic hydroxyl groups is 1. The van der Waals surface area contributed by atoms with E-state index in [1.807, 2.05) is 4.57 Å². The Morgan fingerprint density at radius 2 is 1.97 bits per heavy atom. The average molecular weight is 426 g/mol. The molecule has 0 amide bonds. The number of carbonyl (C=O) groups is 1. The van der Waals surface area contributed by atoms with E-state index in [-0.39, 0.29) is 24.0 Å². The van der Waals surface area contributed by atoms with Crippen molar-refractivity contribution in [2.75, 3.05) is 7.11 Å². The lowest BCUT2D eigenvalue weighted by Crippen LogP contribution is -2.23. The summed E-state index contributed by atoms with van der Waals surface area (Å²) < 4.78 is 47.4. The molecule has 1 N–H and O–H groups in total. The molecular formula is C22H29F3N2O3. The van der Waals surface area contributed by atoms with E-state index < -0.39 is 17.3 Å². The van der Waals surface area contributed by atoms with Gasteiger partial charge in [0.15, 0.2) is 0 Å². The van der Waals surface area contributed by atoms with Crippen molar-refractivity contribution in [3.8, 4) is 5.75 Å². The number of fused-ring (bicyclic) bond motifs is 1. The molecule has 2 aromatic rings. The van der Waals surface area contributed by atoms with Gasteiger partial charge in [0.2, 0.25) is 0 Å². The smallest absolute Gasteiger partial charge is 0.420 e. The molecule has 8 heteroatoms. The lowest BCUT2D eigenvalue weighted by atomic mass is 9.92. The molecule has 0 unspecified atom stereocenters. The van der Waals surface area contributed by atoms with Crippen LogP contribution in [0.1, 0.15) is 76.2 Å². The van der Waals surface area contributed by atoms with E-state index >= 15 is 0 Å². The number of ketones is 1. The summed E-state index contributed by atoms with van der Waals surface area (Å²) in [5.41, 5.74) is -0.813. The number of hydrogen-bond donors (Lipinski definition) is 1. The first-order valence-corrected chi connectivity index (χ1v) is 10.4. The van der Waals surface area contributed by atoms with Crippen LogP contribution >= 0.6 is 0 Å². The Balaban J connectivity index is 1.81. The van der Waals surface area contributed by atoms with Crippen molar-refractivity contribution < 1.29 is 27.8 Å². The number of unbranched alkanes of at least 4 members (excludes halogenated alkanes) is 1. The number of alkyl halides is 3. The highest BCUT2D eigenvalue weighted by atomic mass is 19.4. The van der Waals surface area contributed by atoms with Crippen LogP contribution in [0.2, 0.25) is 0 Å². The summed E-state index contributed by atoms with van der Waals surface area (Å²) in [6, 6.07) is 2.68. The SMILES string of the molecule is COc1cc2nc(CCCCC(=O)CC(C)(C)O)n(C3CCC3)c2cc1C(F)(F)F. The van der Waals surface area contributed by atoms with E-state index in [4.69, 9.17) is 4.74 Å². The molecule has 0 atom stereocenters. The summed E-state index contributed by atoms with van der Waals surface area (Å²) in [7, 11) is 1.23. The average Bonchev–Trinajstić information content (AvgIpc) is 2.91. The van der Waals surface area contributed by atoms with Crippen LogP contribution in [0.5, 0.6) is 5.75 Å². The van der Waals surface area contributed by atoms with Gasteiger partial charge in [0, 0.05) is 31.4 Å². The third kappa shape index (κ3) is 5.14. The predicted octanol–water partition coefficient (Wildman–Crippen LogP) is 5.23. The van der Waals surface area contributed by atoms with Gasteiger partial charge in [-0.05, 0) is 52.0 Å². The number of aryl methyl sites for hydroxylation is 1. The number of Topliss-reactive ketones (excluding diaryl/α,β-unsaturated/α-hetero) is 1. The fourth-order valence-corrected chi connectivity index (χ4v) is 3.97. The Kier molecular flexibility index (Phi) is 6.45. The van der Waals surface area contributed by atoms with Crippen molar-refractivity contribution in [2.24, 2.45) is 0 Å². The van der Waals surface area contributed by atoms with Gasteiger partial charge in [-0.3, -0.25) is 4.79 Å². The number of halogens is 3. The summed E-state index contributed by atoms with van der Waals surface area (Å²) in [5, 5.41) is 9.73. The maximum absolute atomic E-state index is 13.5. The molecule has 1 aliphatic carbocycles. The summed E-state index contributed by atoms with van der Waals surface area (Å²) in [6.45, 7) is 3.21. The summed E-state index contributed by atoms with van der Waals surface area (Å²) in [4.78, 5) is 16.6. The van der Waals surface area contributed by atoms with E-state index in [9.17, 15) is 23.1 Å². The fourth-order valence-electron chi connectivity index (χ4n) is 3.97. The van der Waals surface area contributed by atoms with Gasteiger partial charge in [-0.25, -0.2) is 4.98 Å². The zero-order valence-electron chi connectivity index (χ0n) is 17.7. The van der Waals surface area contributed by atoms with Gasteiger partial charge < -0.3 is 14.4 Å². The van der Waals surface area contributed by atoms with Crippen LogP contribution in [0.15, 0.2) is 12.1 Å². The molecule has 0 saturated heterocycles. The minimum atomic E-state index is -4.50. The van der Waals surface area contributed by atoms with Crippen LogP contribution in [0, 0.1) is 0 Å². The zero-order chi connectivity index (χ0) is 22.1. The van der Waals surface area contributed by atoms with E-state index in [1.54, 1.807) is 13.8 Å². The molecule has 0 bridgehead atoms. The van der Waals surface area contributed by atoms with Gasteiger partial charge in [-0.2, -0.15) is 13.2 Å². The van der Waals surface area contributed by atoms with Crippen molar-refractivity contribution in [1.29, 1.82) is 0 Å². The second-order valence-corrected chi connectivity index (χ2v) is 8.76. The zero-order valence-corrected chi connectivity index (χ0v) is 17.7. The highest BCUT2D eigenvalue weighted by Crippen LogP contribution is 2.41. The molecule has 166 valence electrons. The highest BCUT2D eigenvalue weighted by Gasteiger charge is 2.36. The Hall–Kier alpha value is -2.09. The second kappa shape index (κ2) is 8.57. The normalized spacial score (nSPS) is 15.4. The molecule has 3 rings (SSSR count). The number of ether oxygens (including phenoxy) is 1. The summed E-state index contributed by atoms with van der Waals surface area (Å²) in [6.07, 6.45) is 0.841. The number of hydrogen-bond acceptors (Lipinski definition) is 4. The van der Waals surface area contributed by atoms with Crippen molar-refractivity contribution in [3.63, 3.8) is 0 Å². The summed E-state index contributed by atoms with van der Waals surface area (Å²) in [5.74, 6) is 0.539. The van der Waals surface area contributed by atoms with Crippen LogP contribution in [0.4, 0.5) is 13.2 Å². The quantitative estimate of drug-likeness (QED) is 0.558. The topological polar surface area (TPSA) is 64.3 Å². The number of benzene rings is 1. The Morgan fingerprint density at radius 3 is 2.50 bits per heavy atom. The van der Waals surface area contributed by atoms with E-state index in [2.05, 4.69) is 4.98 Å². The van der Waals surface area contributed by atoms with Crippen molar-refractivity contribution in [1.82, 2.24) is 9.55 Å². The van der Waals surface area contributed by atoms with Crippen molar-refractivity contribution in [2.45, 2.75) is 83.0 Å². The van der Waals surface area contributed by atoms with Crippen molar-refractivity contribution in [3.05, 3.63) is 23.5 Å². The standard InChI is InChI=1S/C22H29F3N2O3/c1-21(2,29)13-15(28)9-4-5-10-20-26-17-12-19(30-3)16(22(23,24)25)11-18(17)27(20)14-7-6-8-14/h11-12,14,29H,4-10,13H2,1-3H3. The lowest BCUT2D eigenvalue weighted by Gasteiger charge is -2.29. The number of carbonyl (C=O) groups excluding carboxylic acids is 1. The molecule has 1 aromatic carbocycles. The molecule has 1 saturated carbocycles. The number of imidazole rings is 1. The highest BCUT2D eigenvalue weighted by molar-refractivity contribution is 5.80. The third-order valence-corrected chi connectivity index (χ3v) is 5.56. The molecule has 1 fully saturated rings. The molecule has 30 heavy (non-hydrogen) atoms. The fraction of sp³-hybridized carbons (Fsp3) is 0.636. The monoisotopic (exact) mass is 426 g/mol. The first-order valence-electron chi connectivity index (χ1n) is 10.4. The Labute approximate surface area is 174 Å². The molecule has 5 nitrogen and oxygen atoms in total. The Morgan fingerprint density at radius 1 is 1.27 bits per heavy atom. The maximum Gasteiger partial charge on any atom is 0.420 e.